The van der Waals surface area contributed by atoms with E-state index < -0.39 is 0 Å². The molecule has 0 bridgehead atoms. The van der Waals surface area contributed by atoms with Gasteiger partial charge in [0.2, 0.25) is 0 Å². The molecule has 1 aliphatic rings. The number of morpholine rings is 1. The molecular formula is C19H22N2O2. The first kappa shape index (κ1) is 15.7. The third-order valence-corrected chi connectivity index (χ3v) is 3.97. The standard InChI is InChI=1S/C19H22N2O2/c1-15-4-2-7-18(12-15)20-19(22)17-6-3-5-16(13-17)14-21-8-10-23-11-9-21/h2-7,12-13H,8-11,14H2,1H3,(H,20,22). The summed E-state index contributed by atoms with van der Waals surface area (Å²) in [7, 11) is 0. The first-order valence-corrected chi connectivity index (χ1v) is 7.98. The molecular weight excluding hydrogens is 288 g/mol. The molecule has 4 nitrogen and oxygen atoms in total. The average molecular weight is 310 g/mol. The molecule has 1 saturated heterocycles. The maximum atomic E-state index is 12.4. The van der Waals surface area contributed by atoms with Crippen molar-refractivity contribution in [3.8, 4) is 0 Å². The highest BCUT2D eigenvalue weighted by Crippen LogP contribution is 2.14. The van der Waals surface area contributed by atoms with Gasteiger partial charge in [0.05, 0.1) is 13.2 Å². The van der Waals surface area contributed by atoms with E-state index in [1.807, 2.05) is 49.4 Å². The van der Waals surface area contributed by atoms with Crippen LogP contribution in [0.5, 0.6) is 0 Å². The van der Waals surface area contributed by atoms with E-state index >= 15 is 0 Å². The molecule has 120 valence electrons. The predicted octanol–water partition coefficient (Wildman–Crippen LogP) is 3.08. The lowest BCUT2D eigenvalue weighted by Gasteiger charge is -2.26. The largest absolute Gasteiger partial charge is 0.379 e. The van der Waals surface area contributed by atoms with Gasteiger partial charge in [0.1, 0.15) is 0 Å². The van der Waals surface area contributed by atoms with E-state index in [1.165, 1.54) is 0 Å². The van der Waals surface area contributed by atoms with Crippen molar-refractivity contribution in [3.05, 3.63) is 65.2 Å². The molecule has 0 aromatic heterocycles. The zero-order valence-electron chi connectivity index (χ0n) is 13.4. The molecule has 23 heavy (non-hydrogen) atoms. The number of amides is 1. The minimum absolute atomic E-state index is 0.0700. The molecule has 0 saturated carbocycles. The monoisotopic (exact) mass is 310 g/mol. The first-order chi connectivity index (χ1) is 11.2. The Hall–Kier alpha value is -2.17. The Morgan fingerprint density at radius 2 is 1.91 bits per heavy atom. The number of rotatable bonds is 4. The summed E-state index contributed by atoms with van der Waals surface area (Å²) in [5.41, 5.74) is 3.80. The molecule has 1 aliphatic heterocycles. The molecule has 1 amide bonds. The van der Waals surface area contributed by atoms with Crippen molar-refractivity contribution in [1.82, 2.24) is 4.90 Å². The number of carbonyl (C=O) groups is 1. The number of aryl methyl sites for hydroxylation is 1. The third kappa shape index (κ3) is 4.41. The molecule has 0 unspecified atom stereocenters. The zero-order valence-corrected chi connectivity index (χ0v) is 13.4. The van der Waals surface area contributed by atoms with Crippen LogP contribution in [0.4, 0.5) is 5.69 Å². The third-order valence-electron chi connectivity index (χ3n) is 3.97. The molecule has 1 fully saturated rings. The fourth-order valence-electron chi connectivity index (χ4n) is 2.75. The number of nitrogens with one attached hydrogen (secondary N) is 1. The van der Waals surface area contributed by atoms with E-state index in [0.29, 0.717) is 5.56 Å². The zero-order chi connectivity index (χ0) is 16.1. The Morgan fingerprint density at radius 3 is 2.70 bits per heavy atom. The smallest absolute Gasteiger partial charge is 0.255 e. The van der Waals surface area contributed by atoms with E-state index in [1.54, 1.807) is 0 Å². The van der Waals surface area contributed by atoms with Crippen LogP contribution < -0.4 is 5.32 Å². The van der Waals surface area contributed by atoms with Gasteiger partial charge in [0.25, 0.3) is 5.91 Å². The molecule has 0 aliphatic carbocycles. The van der Waals surface area contributed by atoms with Gasteiger partial charge in [-0.25, -0.2) is 0 Å². The second kappa shape index (κ2) is 7.40. The summed E-state index contributed by atoms with van der Waals surface area (Å²) in [4.78, 5) is 14.8. The van der Waals surface area contributed by atoms with Gasteiger partial charge in [0.15, 0.2) is 0 Å². The van der Waals surface area contributed by atoms with Gasteiger partial charge in [-0.2, -0.15) is 0 Å². The van der Waals surface area contributed by atoms with Crippen LogP contribution in [0.3, 0.4) is 0 Å². The average Bonchev–Trinajstić information content (AvgIpc) is 2.56. The lowest BCUT2D eigenvalue weighted by atomic mass is 10.1. The molecule has 0 spiro atoms. The van der Waals surface area contributed by atoms with Crippen LogP contribution in [0.1, 0.15) is 21.5 Å². The van der Waals surface area contributed by atoms with Crippen molar-refractivity contribution in [2.24, 2.45) is 0 Å². The van der Waals surface area contributed by atoms with Gasteiger partial charge in [-0.15, -0.1) is 0 Å². The van der Waals surface area contributed by atoms with Gasteiger partial charge < -0.3 is 10.1 Å². The fraction of sp³-hybridized carbons (Fsp3) is 0.316. The van der Waals surface area contributed by atoms with Crippen LogP contribution >= 0.6 is 0 Å². The second-order valence-corrected chi connectivity index (χ2v) is 5.91. The van der Waals surface area contributed by atoms with Crippen LogP contribution in [0.25, 0.3) is 0 Å². The molecule has 2 aromatic rings. The molecule has 1 N–H and O–H groups in total. The number of anilines is 1. The van der Waals surface area contributed by atoms with Crippen LogP contribution in [0.15, 0.2) is 48.5 Å². The molecule has 4 heteroatoms. The molecule has 0 radical (unpaired) electrons. The Kier molecular flexibility index (Phi) is 5.05. The van der Waals surface area contributed by atoms with E-state index in [0.717, 1.165) is 49.7 Å². The van der Waals surface area contributed by atoms with Crippen LogP contribution in [-0.4, -0.2) is 37.1 Å². The van der Waals surface area contributed by atoms with Crippen molar-refractivity contribution >= 4 is 11.6 Å². The number of carbonyl (C=O) groups excluding carboxylic acids is 1. The predicted molar refractivity (Wildman–Crippen MR) is 91.7 cm³/mol. The summed E-state index contributed by atoms with van der Waals surface area (Å²) in [6.45, 7) is 6.33. The Morgan fingerprint density at radius 1 is 1.13 bits per heavy atom. The van der Waals surface area contributed by atoms with Crippen molar-refractivity contribution < 1.29 is 9.53 Å². The Balaban J connectivity index is 1.67. The second-order valence-electron chi connectivity index (χ2n) is 5.91. The van der Waals surface area contributed by atoms with Crippen molar-refractivity contribution in [2.75, 3.05) is 31.6 Å². The maximum Gasteiger partial charge on any atom is 0.255 e. The first-order valence-electron chi connectivity index (χ1n) is 7.98. The van der Waals surface area contributed by atoms with E-state index in [2.05, 4.69) is 16.3 Å². The van der Waals surface area contributed by atoms with Crippen molar-refractivity contribution in [3.63, 3.8) is 0 Å². The van der Waals surface area contributed by atoms with E-state index in [-0.39, 0.29) is 5.91 Å². The number of hydrogen-bond donors (Lipinski definition) is 1. The lowest BCUT2D eigenvalue weighted by Crippen LogP contribution is -2.35. The summed E-state index contributed by atoms with van der Waals surface area (Å²) < 4.78 is 5.37. The minimum atomic E-state index is -0.0700. The number of nitrogens with zero attached hydrogens (tertiary/aromatic N) is 1. The van der Waals surface area contributed by atoms with E-state index in [9.17, 15) is 4.79 Å². The summed E-state index contributed by atoms with van der Waals surface area (Å²) in [6, 6.07) is 15.7. The van der Waals surface area contributed by atoms with Crippen LogP contribution in [-0.2, 0) is 11.3 Å². The number of ether oxygens (including phenoxy) is 1. The number of benzene rings is 2. The van der Waals surface area contributed by atoms with Gasteiger partial charge in [0, 0.05) is 30.9 Å². The Bertz CT molecular complexity index is 679. The highest BCUT2D eigenvalue weighted by Gasteiger charge is 2.12. The molecule has 3 rings (SSSR count). The quantitative estimate of drug-likeness (QED) is 0.943. The van der Waals surface area contributed by atoms with Crippen LogP contribution in [0, 0.1) is 6.92 Å². The molecule has 1 heterocycles. The highest BCUT2D eigenvalue weighted by atomic mass is 16.5. The van der Waals surface area contributed by atoms with Gasteiger partial charge in [-0.1, -0.05) is 24.3 Å². The summed E-state index contributed by atoms with van der Waals surface area (Å²) >= 11 is 0. The highest BCUT2D eigenvalue weighted by molar-refractivity contribution is 6.04. The SMILES string of the molecule is Cc1cccc(NC(=O)c2cccc(CN3CCOCC3)c2)c1. The van der Waals surface area contributed by atoms with Gasteiger partial charge >= 0.3 is 0 Å². The molecule has 2 aromatic carbocycles. The molecule has 0 atom stereocenters. The fourth-order valence-corrected chi connectivity index (χ4v) is 2.75. The minimum Gasteiger partial charge on any atom is -0.379 e. The van der Waals surface area contributed by atoms with Crippen molar-refractivity contribution in [1.29, 1.82) is 0 Å². The topological polar surface area (TPSA) is 41.6 Å². The lowest BCUT2D eigenvalue weighted by molar-refractivity contribution is 0.0342. The summed E-state index contributed by atoms with van der Waals surface area (Å²) in [5.74, 6) is -0.0700. The summed E-state index contributed by atoms with van der Waals surface area (Å²) in [6.07, 6.45) is 0. The number of hydrogen-bond acceptors (Lipinski definition) is 3. The van der Waals surface area contributed by atoms with Crippen LogP contribution in [0.2, 0.25) is 0 Å². The van der Waals surface area contributed by atoms with Crippen molar-refractivity contribution in [2.45, 2.75) is 13.5 Å². The Labute approximate surface area is 137 Å². The van der Waals surface area contributed by atoms with Gasteiger partial charge in [-0.3, -0.25) is 9.69 Å². The van der Waals surface area contributed by atoms with Gasteiger partial charge in [-0.05, 0) is 42.3 Å². The maximum absolute atomic E-state index is 12.4. The summed E-state index contributed by atoms with van der Waals surface area (Å²) in [5, 5.41) is 2.96. The van der Waals surface area contributed by atoms with E-state index in [4.69, 9.17) is 4.74 Å². The normalized spacial score (nSPS) is 15.3.